The van der Waals surface area contributed by atoms with E-state index < -0.39 is 0 Å². The molecule has 1 aromatic rings. The third-order valence-electron chi connectivity index (χ3n) is 3.65. The summed E-state index contributed by atoms with van der Waals surface area (Å²) in [7, 11) is 0. The van der Waals surface area contributed by atoms with Gasteiger partial charge in [-0.05, 0) is 25.8 Å². The maximum absolute atomic E-state index is 4.30. The van der Waals surface area contributed by atoms with Gasteiger partial charge in [0.2, 0.25) is 0 Å². The van der Waals surface area contributed by atoms with Gasteiger partial charge in [0.25, 0.3) is 0 Å². The predicted octanol–water partition coefficient (Wildman–Crippen LogP) is 3.38. The van der Waals surface area contributed by atoms with E-state index in [2.05, 4.69) is 42.6 Å². The maximum Gasteiger partial charge on any atom is 0.0951 e. The van der Waals surface area contributed by atoms with E-state index in [-0.39, 0.29) is 0 Å². The molecule has 0 saturated heterocycles. The number of hydrogen-bond acceptors (Lipinski definition) is 2. The van der Waals surface area contributed by atoms with Crippen molar-refractivity contribution in [3.05, 3.63) is 18.2 Å². The summed E-state index contributed by atoms with van der Waals surface area (Å²) in [5.74, 6) is 0.745. The van der Waals surface area contributed by atoms with Crippen LogP contribution in [0.4, 0.5) is 0 Å². The standard InChI is InChI=1S/C14H27N3/c1-5-8-15-9-14-10-16-11-17(14)12(4)13(6-2)7-3/h10-13,15H,5-9H2,1-4H3. The van der Waals surface area contributed by atoms with E-state index in [4.69, 9.17) is 0 Å². The monoisotopic (exact) mass is 237 g/mol. The van der Waals surface area contributed by atoms with Gasteiger partial charge in [0.15, 0.2) is 0 Å². The van der Waals surface area contributed by atoms with Crippen molar-refractivity contribution in [3.8, 4) is 0 Å². The van der Waals surface area contributed by atoms with Crippen molar-refractivity contribution < 1.29 is 0 Å². The van der Waals surface area contributed by atoms with Crippen LogP contribution in [0, 0.1) is 5.92 Å². The van der Waals surface area contributed by atoms with E-state index >= 15 is 0 Å². The first-order valence-corrected chi connectivity index (χ1v) is 6.95. The maximum atomic E-state index is 4.30. The Hall–Kier alpha value is -0.830. The molecule has 98 valence electrons. The quantitative estimate of drug-likeness (QED) is 0.702. The summed E-state index contributed by atoms with van der Waals surface area (Å²) in [5.41, 5.74) is 1.30. The number of nitrogens with one attached hydrogen (secondary N) is 1. The fourth-order valence-corrected chi connectivity index (χ4v) is 2.43. The molecule has 0 aliphatic carbocycles. The Morgan fingerprint density at radius 3 is 2.59 bits per heavy atom. The number of aromatic nitrogens is 2. The lowest BCUT2D eigenvalue weighted by Gasteiger charge is -2.24. The lowest BCUT2D eigenvalue weighted by molar-refractivity contribution is 0.325. The second kappa shape index (κ2) is 7.49. The van der Waals surface area contributed by atoms with Crippen molar-refractivity contribution in [1.29, 1.82) is 0 Å². The first-order chi connectivity index (χ1) is 8.24. The summed E-state index contributed by atoms with van der Waals surface area (Å²) < 4.78 is 2.33. The zero-order chi connectivity index (χ0) is 12.7. The molecule has 0 aromatic carbocycles. The summed E-state index contributed by atoms with van der Waals surface area (Å²) in [6.07, 6.45) is 7.61. The van der Waals surface area contributed by atoms with Crippen LogP contribution in [-0.2, 0) is 6.54 Å². The van der Waals surface area contributed by atoms with Crippen LogP contribution >= 0.6 is 0 Å². The van der Waals surface area contributed by atoms with E-state index in [9.17, 15) is 0 Å². The second-order valence-electron chi connectivity index (χ2n) is 4.79. The van der Waals surface area contributed by atoms with Gasteiger partial charge in [0.05, 0.1) is 12.0 Å². The summed E-state index contributed by atoms with van der Waals surface area (Å²) in [4.78, 5) is 4.30. The molecule has 1 rings (SSSR count). The van der Waals surface area contributed by atoms with Gasteiger partial charge in [-0.3, -0.25) is 0 Å². The average molecular weight is 237 g/mol. The Morgan fingerprint density at radius 2 is 2.00 bits per heavy atom. The number of nitrogens with zero attached hydrogens (tertiary/aromatic N) is 2. The Bertz CT molecular complexity index is 302. The molecule has 0 aliphatic heterocycles. The Labute approximate surface area is 106 Å². The van der Waals surface area contributed by atoms with Gasteiger partial charge >= 0.3 is 0 Å². The second-order valence-corrected chi connectivity index (χ2v) is 4.79. The summed E-state index contributed by atoms with van der Waals surface area (Å²) in [6.45, 7) is 11.1. The van der Waals surface area contributed by atoms with Crippen molar-refractivity contribution in [2.45, 2.75) is 59.5 Å². The van der Waals surface area contributed by atoms with Crippen molar-refractivity contribution in [2.75, 3.05) is 6.54 Å². The van der Waals surface area contributed by atoms with Crippen molar-refractivity contribution >= 4 is 0 Å². The highest BCUT2D eigenvalue weighted by molar-refractivity contribution is 5.00. The fourth-order valence-electron chi connectivity index (χ4n) is 2.43. The third-order valence-corrected chi connectivity index (χ3v) is 3.65. The minimum absolute atomic E-state index is 0.547. The molecule has 0 spiro atoms. The molecule has 0 bridgehead atoms. The smallest absolute Gasteiger partial charge is 0.0951 e. The Kier molecular flexibility index (Phi) is 6.27. The van der Waals surface area contributed by atoms with E-state index in [0.717, 1.165) is 19.0 Å². The number of hydrogen-bond donors (Lipinski definition) is 1. The summed E-state index contributed by atoms with van der Waals surface area (Å²) in [6, 6.07) is 0.547. The van der Waals surface area contributed by atoms with E-state index in [0.29, 0.717) is 6.04 Å². The largest absolute Gasteiger partial charge is 0.330 e. The van der Waals surface area contributed by atoms with Gasteiger partial charge in [-0.1, -0.05) is 33.6 Å². The molecule has 1 heterocycles. The minimum atomic E-state index is 0.547. The van der Waals surface area contributed by atoms with Crippen molar-refractivity contribution in [2.24, 2.45) is 5.92 Å². The highest BCUT2D eigenvalue weighted by atomic mass is 15.1. The first-order valence-electron chi connectivity index (χ1n) is 6.95. The highest BCUT2D eigenvalue weighted by Gasteiger charge is 2.17. The van der Waals surface area contributed by atoms with Gasteiger partial charge in [-0.15, -0.1) is 0 Å². The van der Waals surface area contributed by atoms with E-state index in [1.165, 1.54) is 25.0 Å². The Balaban J connectivity index is 2.66. The minimum Gasteiger partial charge on any atom is -0.330 e. The lowest BCUT2D eigenvalue weighted by atomic mass is 9.95. The molecule has 3 heteroatoms. The van der Waals surface area contributed by atoms with Gasteiger partial charge < -0.3 is 9.88 Å². The topological polar surface area (TPSA) is 29.9 Å². The summed E-state index contributed by atoms with van der Waals surface area (Å²) in [5, 5.41) is 3.45. The number of rotatable bonds is 8. The molecule has 17 heavy (non-hydrogen) atoms. The molecule has 1 aromatic heterocycles. The zero-order valence-electron chi connectivity index (χ0n) is 11.7. The molecule has 1 N–H and O–H groups in total. The van der Waals surface area contributed by atoms with Crippen LogP contribution in [0.5, 0.6) is 0 Å². The zero-order valence-corrected chi connectivity index (χ0v) is 11.7. The van der Waals surface area contributed by atoms with Gasteiger partial charge in [0, 0.05) is 18.8 Å². The van der Waals surface area contributed by atoms with Crippen LogP contribution in [0.15, 0.2) is 12.5 Å². The van der Waals surface area contributed by atoms with Gasteiger partial charge in [0.1, 0.15) is 0 Å². The van der Waals surface area contributed by atoms with Gasteiger partial charge in [-0.2, -0.15) is 0 Å². The van der Waals surface area contributed by atoms with Crippen LogP contribution in [0.2, 0.25) is 0 Å². The lowest BCUT2D eigenvalue weighted by Crippen LogP contribution is -2.21. The normalized spacial score (nSPS) is 13.2. The van der Waals surface area contributed by atoms with Crippen LogP contribution in [0.1, 0.15) is 58.7 Å². The molecule has 1 unspecified atom stereocenters. The van der Waals surface area contributed by atoms with Crippen molar-refractivity contribution in [3.63, 3.8) is 0 Å². The molecular weight excluding hydrogens is 210 g/mol. The molecule has 0 saturated carbocycles. The molecule has 0 fully saturated rings. The molecule has 1 atom stereocenters. The van der Waals surface area contributed by atoms with Crippen molar-refractivity contribution in [1.82, 2.24) is 14.9 Å². The van der Waals surface area contributed by atoms with Crippen LogP contribution < -0.4 is 5.32 Å². The molecule has 0 radical (unpaired) electrons. The SMILES string of the molecule is CCCNCc1cncn1C(C)C(CC)CC. The van der Waals surface area contributed by atoms with Gasteiger partial charge in [-0.25, -0.2) is 4.98 Å². The molecular formula is C14H27N3. The van der Waals surface area contributed by atoms with Crippen LogP contribution in [0.3, 0.4) is 0 Å². The summed E-state index contributed by atoms with van der Waals surface area (Å²) >= 11 is 0. The van der Waals surface area contributed by atoms with E-state index in [1.807, 2.05) is 12.5 Å². The average Bonchev–Trinajstić information content (AvgIpc) is 2.79. The fraction of sp³-hybridized carbons (Fsp3) is 0.786. The predicted molar refractivity (Wildman–Crippen MR) is 73.0 cm³/mol. The third kappa shape index (κ3) is 3.84. The van der Waals surface area contributed by atoms with E-state index in [1.54, 1.807) is 0 Å². The molecule has 3 nitrogen and oxygen atoms in total. The molecule has 0 aliphatic rings. The number of imidazole rings is 1. The first kappa shape index (κ1) is 14.2. The van der Waals surface area contributed by atoms with Crippen LogP contribution in [0.25, 0.3) is 0 Å². The molecule has 0 amide bonds. The van der Waals surface area contributed by atoms with Crippen LogP contribution in [-0.4, -0.2) is 16.1 Å². The highest BCUT2D eigenvalue weighted by Crippen LogP contribution is 2.25. The Morgan fingerprint density at radius 1 is 1.29 bits per heavy atom.